The number of nitrogens with zero attached hydrogens (tertiary/aromatic N) is 5. The number of H-pyrrole nitrogens is 1. The highest BCUT2D eigenvalue weighted by Crippen LogP contribution is 2.40. The molecule has 0 amide bonds. The van der Waals surface area contributed by atoms with Crippen LogP contribution >= 0.6 is 0 Å². The van der Waals surface area contributed by atoms with Crippen LogP contribution in [0.2, 0.25) is 0 Å². The summed E-state index contributed by atoms with van der Waals surface area (Å²) in [6.07, 6.45) is 2.14. The van der Waals surface area contributed by atoms with Crippen molar-refractivity contribution in [2.24, 2.45) is 0 Å². The number of ether oxygens (including phenoxy) is 1. The predicted molar refractivity (Wildman–Crippen MR) is 164 cm³/mol. The second-order valence-electron chi connectivity index (χ2n) is 10.6. The van der Waals surface area contributed by atoms with Gasteiger partial charge in [-0.25, -0.2) is 22.1 Å². The van der Waals surface area contributed by atoms with E-state index < -0.39 is 10.0 Å². The lowest BCUT2D eigenvalue weighted by Gasteiger charge is -2.26. The number of benzene rings is 3. The minimum absolute atomic E-state index is 0.0213. The topological polar surface area (TPSA) is 141 Å². The molecular weight excluding hydrogens is 566 g/mol. The Bertz CT molecular complexity index is 2110. The Hall–Kier alpha value is -4.78. The molecule has 3 aromatic carbocycles. The van der Waals surface area contributed by atoms with Crippen molar-refractivity contribution in [3.8, 4) is 16.8 Å². The minimum atomic E-state index is -4.15. The van der Waals surface area contributed by atoms with Crippen LogP contribution in [0.4, 0.5) is 5.82 Å². The number of nitrogens with one attached hydrogen (secondary N) is 1. The van der Waals surface area contributed by atoms with Gasteiger partial charge < -0.3 is 15.5 Å². The molecule has 1 aliphatic heterocycles. The van der Waals surface area contributed by atoms with Gasteiger partial charge >= 0.3 is 0 Å². The van der Waals surface area contributed by atoms with Crippen LogP contribution in [0.15, 0.2) is 77.8 Å². The number of rotatable bonds is 7. The molecule has 0 saturated carbocycles. The standard InChI is InChI=1S/C31H29N7O4S/c1-20-34-26-10-8-22(16-27(26)35-20)37-31(32)25(17-33-37)30-24-9-7-21(18-36-11-13-42-14-12-36)15-28(24)38(29(30)19-39)43(40,41)23-5-3-2-4-6-23/h2-10,15-17,19H,11-14,18,32H2,1H3,(H,34,35). The monoisotopic (exact) mass is 595 g/mol. The number of hydrogen-bond donors (Lipinski definition) is 2. The lowest BCUT2D eigenvalue weighted by Crippen LogP contribution is -2.35. The summed E-state index contributed by atoms with van der Waals surface area (Å²) in [5.41, 5.74) is 11.2. The molecule has 43 heavy (non-hydrogen) atoms. The fraction of sp³-hybridized carbons (Fsp3) is 0.194. The molecule has 11 nitrogen and oxygen atoms in total. The van der Waals surface area contributed by atoms with E-state index in [1.165, 1.54) is 12.1 Å². The summed E-state index contributed by atoms with van der Waals surface area (Å²) in [7, 11) is -4.15. The van der Waals surface area contributed by atoms with E-state index in [1.54, 1.807) is 29.1 Å². The third-order valence-electron chi connectivity index (χ3n) is 7.83. The van der Waals surface area contributed by atoms with E-state index in [4.69, 9.17) is 10.5 Å². The van der Waals surface area contributed by atoms with Gasteiger partial charge in [0, 0.05) is 36.1 Å². The number of aromatic nitrogens is 5. The highest BCUT2D eigenvalue weighted by Gasteiger charge is 2.30. The Morgan fingerprint density at radius 3 is 2.60 bits per heavy atom. The van der Waals surface area contributed by atoms with Gasteiger partial charge in [-0.3, -0.25) is 9.69 Å². The zero-order chi connectivity index (χ0) is 29.7. The van der Waals surface area contributed by atoms with E-state index in [2.05, 4.69) is 20.0 Å². The van der Waals surface area contributed by atoms with Crippen molar-refractivity contribution in [1.29, 1.82) is 0 Å². The van der Waals surface area contributed by atoms with Crippen molar-refractivity contribution in [3.63, 3.8) is 0 Å². The number of aromatic amines is 1. The molecular formula is C31H29N7O4S. The van der Waals surface area contributed by atoms with Gasteiger partial charge in [0.05, 0.1) is 46.5 Å². The fourth-order valence-electron chi connectivity index (χ4n) is 5.80. The number of nitrogens with two attached hydrogens (primary N) is 1. The number of morpholine rings is 1. The third kappa shape index (κ3) is 4.60. The molecule has 4 heterocycles. The van der Waals surface area contributed by atoms with Gasteiger partial charge in [0.2, 0.25) is 0 Å². The van der Waals surface area contributed by atoms with E-state index in [1.807, 2.05) is 43.3 Å². The van der Waals surface area contributed by atoms with Crippen molar-refractivity contribution in [1.82, 2.24) is 28.6 Å². The quantitative estimate of drug-likeness (QED) is 0.262. The second kappa shape index (κ2) is 10.5. The van der Waals surface area contributed by atoms with Crippen LogP contribution in [0.5, 0.6) is 0 Å². The first-order valence-electron chi connectivity index (χ1n) is 13.9. The molecule has 1 aliphatic rings. The zero-order valence-corrected chi connectivity index (χ0v) is 24.2. The first-order chi connectivity index (χ1) is 20.8. The van der Waals surface area contributed by atoms with Crippen molar-refractivity contribution < 1.29 is 17.9 Å². The molecule has 3 N–H and O–H groups in total. The molecule has 0 spiro atoms. The number of fused-ring (bicyclic) bond motifs is 2. The van der Waals surface area contributed by atoms with Gasteiger partial charge in [0.15, 0.2) is 6.29 Å². The van der Waals surface area contributed by atoms with Crippen molar-refractivity contribution in [2.45, 2.75) is 18.4 Å². The molecule has 1 fully saturated rings. The molecule has 218 valence electrons. The Morgan fingerprint density at radius 2 is 1.84 bits per heavy atom. The lowest BCUT2D eigenvalue weighted by molar-refractivity contribution is 0.0342. The van der Waals surface area contributed by atoms with E-state index >= 15 is 0 Å². The molecule has 3 aromatic heterocycles. The van der Waals surface area contributed by atoms with Gasteiger partial charge in [-0.2, -0.15) is 5.10 Å². The highest BCUT2D eigenvalue weighted by molar-refractivity contribution is 7.90. The lowest BCUT2D eigenvalue weighted by atomic mass is 10.0. The van der Waals surface area contributed by atoms with Gasteiger partial charge in [-0.1, -0.05) is 30.3 Å². The number of aldehydes is 1. The number of anilines is 1. The number of carbonyl (C=O) groups excluding carboxylic acids is 1. The average Bonchev–Trinajstić information content (AvgIpc) is 3.69. The molecule has 0 aliphatic carbocycles. The summed E-state index contributed by atoms with van der Waals surface area (Å²) in [6.45, 7) is 5.37. The third-order valence-corrected chi connectivity index (χ3v) is 9.58. The largest absolute Gasteiger partial charge is 0.383 e. The maximum atomic E-state index is 14.1. The zero-order valence-electron chi connectivity index (χ0n) is 23.4. The van der Waals surface area contributed by atoms with E-state index in [9.17, 15) is 13.2 Å². The Balaban J connectivity index is 1.43. The number of nitrogen functional groups attached to an aromatic ring is 1. The van der Waals surface area contributed by atoms with Crippen LogP contribution in [-0.4, -0.2) is 69.6 Å². The fourth-order valence-corrected chi connectivity index (χ4v) is 7.31. The van der Waals surface area contributed by atoms with Crippen LogP contribution in [0.1, 0.15) is 21.9 Å². The maximum absolute atomic E-state index is 14.1. The van der Waals surface area contributed by atoms with Gasteiger partial charge in [-0.05, 0) is 48.9 Å². The van der Waals surface area contributed by atoms with Gasteiger partial charge in [0.1, 0.15) is 17.3 Å². The minimum Gasteiger partial charge on any atom is -0.383 e. The first kappa shape index (κ1) is 27.1. The molecule has 7 rings (SSSR count). The summed E-state index contributed by atoms with van der Waals surface area (Å²) < 4.78 is 36.4. The second-order valence-corrected chi connectivity index (χ2v) is 12.4. The van der Waals surface area contributed by atoms with Gasteiger partial charge in [-0.15, -0.1) is 0 Å². The summed E-state index contributed by atoms with van der Waals surface area (Å²) in [4.78, 5) is 22.9. The number of imidazole rings is 1. The number of aryl methyl sites for hydroxylation is 1. The number of carbonyl (C=O) groups is 1. The van der Waals surface area contributed by atoms with Crippen LogP contribution in [0, 0.1) is 6.92 Å². The molecule has 12 heteroatoms. The molecule has 0 bridgehead atoms. The Kier molecular flexibility index (Phi) is 6.61. The van der Waals surface area contributed by atoms with Crippen LogP contribution in [-0.2, 0) is 21.3 Å². The Morgan fingerprint density at radius 1 is 1.05 bits per heavy atom. The molecule has 6 aromatic rings. The van der Waals surface area contributed by atoms with Gasteiger partial charge in [0.25, 0.3) is 10.0 Å². The van der Waals surface area contributed by atoms with E-state index in [0.717, 1.165) is 39.5 Å². The highest BCUT2D eigenvalue weighted by atomic mass is 32.2. The summed E-state index contributed by atoms with van der Waals surface area (Å²) >= 11 is 0. The smallest absolute Gasteiger partial charge is 0.268 e. The summed E-state index contributed by atoms with van der Waals surface area (Å²) in [6, 6.07) is 19.4. The first-order valence-corrected chi connectivity index (χ1v) is 15.3. The number of hydrogen-bond acceptors (Lipinski definition) is 8. The van der Waals surface area contributed by atoms with Crippen LogP contribution in [0.25, 0.3) is 38.8 Å². The molecule has 0 unspecified atom stereocenters. The van der Waals surface area contributed by atoms with Crippen molar-refractivity contribution in [2.75, 3.05) is 32.0 Å². The van der Waals surface area contributed by atoms with E-state index in [-0.39, 0.29) is 16.4 Å². The average molecular weight is 596 g/mol. The summed E-state index contributed by atoms with van der Waals surface area (Å²) in [5, 5.41) is 5.12. The molecule has 0 atom stereocenters. The summed E-state index contributed by atoms with van der Waals surface area (Å²) in [5.74, 6) is 1.06. The van der Waals surface area contributed by atoms with Crippen LogP contribution in [0.3, 0.4) is 0 Å². The predicted octanol–water partition coefficient (Wildman–Crippen LogP) is 4.14. The normalized spacial score (nSPS) is 14.5. The van der Waals surface area contributed by atoms with Crippen molar-refractivity contribution >= 4 is 44.1 Å². The van der Waals surface area contributed by atoms with E-state index in [0.29, 0.717) is 53.8 Å². The molecule has 1 saturated heterocycles. The van der Waals surface area contributed by atoms with Crippen molar-refractivity contribution in [3.05, 3.63) is 90.0 Å². The SMILES string of the molecule is Cc1nc2cc(-n3ncc(-c4c(C=O)n(S(=O)(=O)c5ccccc5)c5cc(CN6CCOCC6)ccc45)c3N)ccc2[nH]1. The maximum Gasteiger partial charge on any atom is 0.268 e. The Labute approximate surface area is 247 Å². The van der Waals surface area contributed by atoms with Crippen LogP contribution < -0.4 is 5.73 Å². The molecule has 0 radical (unpaired) electrons.